The van der Waals surface area contributed by atoms with Gasteiger partial charge in [-0.15, -0.1) is 0 Å². The van der Waals surface area contributed by atoms with Gasteiger partial charge in [0.1, 0.15) is 0 Å². The minimum absolute atomic E-state index is 0.512. The Morgan fingerprint density at radius 1 is 0.500 bits per heavy atom. The lowest BCUT2D eigenvalue weighted by atomic mass is 10.0. The lowest BCUT2D eigenvalue weighted by molar-refractivity contribution is 1.56. The van der Waals surface area contributed by atoms with Crippen LogP contribution in [0.15, 0.2) is 72.8 Å². The maximum atomic E-state index is 5.92. The van der Waals surface area contributed by atoms with Gasteiger partial charge in [0.05, 0.1) is 11.4 Å². The van der Waals surface area contributed by atoms with E-state index in [0.29, 0.717) is 11.4 Å². The fourth-order valence-corrected chi connectivity index (χ4v) is 2.16. The summed E-state index contributed by atoms with van der Waals surface area (Å²) in [5.41, 5.74) is 16.3. The fraction of sp³-hybridized carbons (Fsp3) is 0. The summed E-state index contributed by atoms with van der Waals surface area (Å²) in [5, 5.41) is 0. The summed E-state index contributed by atoms with van der Waals surface area (Å²) in [6.07, 6.45) is 0. The molecule has 0 atom stereocenters. The molecule has 0 saturated heterocycles. The van der Waals surface area contributed by atoms with Gasteiger partial charge in [-0.2, -0.15) is 0 Å². The highest BCUT2D eigenvalue weighted by Gasteiger charge is 2.02. The van der Waals surface area contributed by atoms with Crippen LogP contribution < -0.4 is 11.5 Å². The Kier molecular flexibility index (Phi) is 4.52. The van der Waals surface area contributed by atoms with E-state index in [-0.39, 0.29) is 0 Å². The summed E-state index contributed by atoms with van der Waals surface area (Å²) < 4.78 is 0. The van der Waals surface area contributed by atoms with Crippen LogP contribution in [-0.2, 0) is 0 Å². The number of hydrogen-bond donors (Lipinski definition) is 2. The minimum Gasteiger partial charge on any atom is -0.397 e. The Morgan fingerprint density at radius 3 is 1.25 bits per heavy atom. The fourth-order valence-electron chi connectivity index (χ4n) is 2.16. The third-order valence-electron chi connectivity index (χ3n) is 3.45. The van der Waals surface area contributed by atoms with Crippen molar-refractivity contribution in [2.24, 2.45) is 0 Å². The van der Waals surface area contributed by atoms with E-state index < -0.39 is 0 Å². The van der Waals surface area contributed by atoms with E-state index >= 15 is 0 Å². The number of rotatable bonds is 0. The molecule has 0 aromatic heterocycles. The van der Waals surface area contributed by atoms with Gasteiger partial charge in [-0.1, -0.05) is 60.1 Å². The van der Waals surface area contributed by atoms with Crippen molar-refractivity contribution in [1.29, 1.82) is 0 Å². The lowest BCUT2D eigenvalue weighted by Gasteiger charge is -2.03. The first-order chi connectivity index (χ1) is 11.7. The number of nitrogen functional groups attached to an aromatic ring is 2. The predicted octanol–water partition coefficient (Wildman–Crippen LogP) is 3.65. The Balaban J connectivity index is 2.02. The summed E-state index contributed by atoms with van der Waals surface area (Å²) in [4.78, 5) is 0. The average Bonchev–Trinajstić information content (AvgIpc) is 2.63. The molecule has 24 heavy (non-hydrogen) atoms. The molecule has 0 heterocycles. The summed E-state index contributed by atoms with van der Waals surface area (Å²) in [7, 11) is 0. The number of nitrogens with two attached hydrogens (primary N) is 2. The van der Waals surface area contributed by atoms with Crippen LogP contribution in [0.25, 0.3) is 0 Å². The molecule has 0 bridgehead atoms. The standard InChI is InChI=1S/C22H16N2/c23-21-15-19(13-11-17-7-3-1-4-8-17)20(16-22(21)24)14-12-18-9-5-2-6-10-18/h1-10,15-16H,23-24H2. The highest BCUT2D eigenvalue weighted by Crippen LogP contribution is 2.20. The molecule has 2 nitrogen and oxygen atoms in total. The molecule has 4 N–H and O–H groups in total. The van der Waals surface area contributed by atoms with Crippen LogP contribution in [-0.4, -0.2) is 0 Å². The van der Waals surface area contributed by atoms with Gasteiger partial charge in [0.2, 0.25) is 0 Å². The molecule has 3 rings (SSSR count). The quantitative estimate of drug-likeness (QED) is 0.492. The van der Waals surface area contributed by atoms with Crippen molar-refractivity contribution in [2.75, 3.05) is 11.5 Å². The lowest BCUT2D eigenvalue weighted by Crippen LogP contribution is -1.97. The molecule has 3 aromatic carbocycles. The Morgan fingerprint density at radius 2 is 0.875 bits per heavy atom. The molecule has 0 aliphatic rings. The van der Waals surface area contributed by atoms with Crippen LogP contribution in [0.1, 0.15) is 22.3 Å². The zero-order chi connectivity index (χ0) is 16.8. The Bertz CT molecular complexity index is 884. The van der Waals surface area contributed by atoms with Gasteiger partial charge < -0.3 is 11.5 Å². The average molecular weight is 308 g/mol. The molecule has 2 heteroatoms. The first kappa shape index (κ1) is 15.3. The monoisotopic (exact) mass is 308 g/mol. The van der Waals surface area contributed by atoms with E-state index in [1.54, 1.807) is 12.1 Å². The molecule has 0 amide bonds. The van der Waals surface area contributed by atoms with Crippen molar-refractivity contribution in [1.82, 2.24) is 0 Å². The Hall–Kier alpha value is -3.62. The van der Waals surface area contributed by atoms with Gasteiger partial charge in [-0.05, 0) is 36.4 Å². The molecular weight excluding hydrogens is 292 g/mol. The first-order valence-corrected chi connectivity index (χ1v) is 7.55. The highest BCUT2D eigenvalue weighted by molar-refractivity contribution is 5.71. The highest BCUT2D eigenvalue weighted by atomic mass is 14.7. The second-order valence-corrected chi connectivity index (χ2v) is 5.26. The second kappa shape index (κ2) is 7.09. The zero-order valence-corrected chi connectivity index (χ0v) is 13.1. The van der Waals surface area contributed by atoms with E-state index in [4.69, 9.17) is 11.5 Å². The van der Waals surface area contributed by atoms with E-state index in [9.17, 15) is 0 Å². The summed E-state index contributed by atoms with van der Waals surface area (Å²) in [6.45, 7) is 0. The third kappa shape index (κ3) is 3.77. The van der Waals surface area contributed by atoms with Gasteiger partial charge in [0.15, 0.2) is 0 Å². The van der Waals surface area contributed by atoms with Crippen LogP contribution in [0.5, 0.6) is 0 Å². The number of benzene rings is 3. The molecule has 0 saturated carbocycles. The van der Waals surface area contributed by atoms with Crippen LogP contribution in [0.4, 0.5) is 11.4 Å². The number of anilines is 2. The summed E-state index contributed by atoms with van der Waals surface area (Å²) in [5.74, 6) is 12.6. The van der Waals surface area contributed by atoms with Gasteiger partial charge in [0.25, 0.3) is 0 Å². The van der Waals surface area contributed by atoms with Gasteiger partial charge in [-0.25, -0.2) is 0 Å². The smallest absolute Gasteiger partial charge is 0.0561 e. The largest absolute Gasteiger partial charge is 0.397 e. The van der Waals surface area contributed by atoms with E-state index in [1.165, 1.54) is 0 Å². The SMILES string of the molecule is Nc1cc(C#Cc2ccccc2)c(C#Cc2ccccc2)cc1N. The molecule has 3 aromatic rings. The molecule has 0 unspecified atom stereocenters. The molecule has 0 fully saturated rings. The third-order valence-corrected chi connectivity index (χ3v) is 3.45. The van der Waals surface area contributed by atoms with Crippen molar-refractivity contribution < 1.29 is 0 Å². The maximum absolute atomic E-state index is 5.92. The van der Waals surface area contributed by atoms with Gasteiger partial charge >= 0.3 is 0 Å². The van der Waals surface area contributed by atoms with E-state index in [2.05, 4.69) is 23.7 Å². The first-order valence-electron chi connectivity index (χ1n) is 7.55. The molecular formula is C22H16N2. The molecule has 0 spiro atoms. The van der Waals surface area contributed by atoms with Crippen molar-refractivity contribution in [3.8, 4) is 23.7 Å². The minimum atomic E-state index is 0.512. The van der Waals surface area contributed by atoms with E-state index in [0.717, 1.165) is 22.3 Å². The number of hydrogen-bond acceptors (Lipinski definition) is 2. The predicted molar refractivity (Wildman–Crippen MR) is 100 cm³/mol. The zero-order valence-electron chi connectivity index (χ0n) is 13.1. The molecule has 0 aliphatic heterocycles. The van der Waals surface area contributed by atoms with Crippen molar-refractivity contribution in [3.63, 3.8) is 0 Å². The molecule has 114 valence electrons. The van der Waals surface area contributed by atoms with Crippen molar-refractivity contribution in [3.05, 3.63) is 95.1 Å². The van der Waals surface area contributed by atoms with Gasteiger partial charge in [-0.3, -0.25) is 0 Å². The van der Waals surface area contributed by atoms with E-state index in [1.807, 2.05) is 60.7 Å². The van der Waals surface area contributed by atoms with Crippen LogP contribution in [0.3, 0.4) is 0 Å². The maximum Gasteiger partial charge on any atom is 0.0561 e. The Labute approximate surface area is 142 Å². The summed E-state index contributed by atoms with van der Waals surface area (Å²) >= 11 is 0. The van der Waals surface area contributed by atoms with Gasteiger partial charge in [0, 0.05) is 22.3 Å². The van der Waals surface area contributed by atoms with Crippen LogP contribution in [0.2, 0.25) is 0 Å². The molecule has 0 aliphatic carbocycles. The van der Waals surface area contributed by atoms with Crippen LogP contribution in [0, 0.1) is 23.7 Å². The van der Waals surface area contributed by atoms with Crippen LogP contribution >= 0.6 is 0 Å². The normalized spacial score (nSPS) is 9.33. The van der Waals surface area contributed by atoms with Crippen molar-refractivity contribution >= 4 is 11.4 Å². The second-order valence-electron chi connectivity index (χ2n) is 5.26. The topological polar surface area (TPSA) is 52.0 Å². The molecule has 0 radical (unpaired) electrons. The van der Waals surface area contributed by atoms with Crippen molar-refractivity contribution in [2.45, 2.75) is 0 Å². The summed E-state index contributed by atoms with van der Waals surface area (Å²) in [6, 6.07) is 23.1.